The molecular weight excluding hydrogens is 278 g/mol. The number of hydrogen-bond acceptors (Lipinski definition) is 4. The van der Waals surface area contributed by atoms with Crippen LogP contribution < -0.4 is 10.0 Å². The predicted octanol–water partition coefficient (Wildman–Crippen LogP) is -0.333. The highest BCUT2D eigenvalue weighted by atomic mass is 32.2. The molecule has 3 aliphatic rings. The number of rotatable bonds is 3. The van der Waals surface area contributed by atoms with Gasteiger partial charge in [0, 0.05) is 31.2 Å². The summed E-state index contributed by atoms with van der Waals surface area (Å²) in [6.07, 6.45) is 5.92. The van der Waals surface area contributed by atoms with Gasteiger partial charge < -0.3 is 10.2 Å². The van der Waals surface area contributed by atoms with Crippen molar-refractivity contribution in [1.29, 1.82) is 0 Å². The Morgan fingerprint density at radius 1 is 1.20 bits per heavy atom. The predicted molar refractivity (Wildman–Crippen MR) is 75.6 cm³/mol. The van der Waals surface area contributed by atoms with E-state index >= 15 is 0 Å². The lowest BCUT2D eigenvalue weighted by Gasteiger charge is -2.35. The average molecular weight is 301 g/mol. The fourth-order valence-electron chi connectivity index (χ4n) is 3.85. The van der Waals surface area contributed by atoms with E-state index in [0.717, 1.165) is 12.8 Å². The van der Waals surface area contributed by atoms with Crippen LogP contribution in [0.1, 0.15) is 32.1 Å². The first kappa shape index (κ1) is 14.3. The SMILES string of the molecule is CS(=O)(=O)NC1CCN(C(=O)C2CC3CCC2N3)CC1. The van der Waals surface area contributed by atoms with E-state index in [1.807, 2.05) is 4.90 Å². The smallest absolute Gasteiger partial charge is 0.227 e. The zero-order chi connectivity index (χ0) is 14.3. The monoisotopic (exact) mass is 301 g/mol. The molecule has 0 aromatic heterocycles. The normalized spacial score (nSPS) is 34.6. The summed E-state index contributed by atoms with van der Waals surface area (Å²) >= 11 is 0. The van der Waals surface area contributed by atoms with Crippen molar-refractivity contribution in [2.75, 3.05) is 19.3 Å². The summed E-state index contributed by atoms with van der Waals surface area (Å²) in [7, 11) is -3.15. The van der Waals surface area contributed by atoms with Gasteiger partial charge >= 0.3 is 0 Å². The summed E-state index contributed by atoms with van der Waals surface area (Å²) in [5.74, 6) is 0.413. The molecule has 0 aliphatic carbocycles. The van der Waals surface area contributed by atoms with Crippen LogP contribution in [0.2, 0.25) is 0 Å². The zero-order valence-corrected chi connectivity index (χ0v) is 12.7. The fraction of sp³-hybridized carbons (Fsp3) is 0.923. The second kappa shape index (κ2) is 5.27. The van der Waals surface area contributed by atoms with Crippen molar-refractivity contribution >= 4 is 15.9 Å². The molecule has 0 spiro atoms. The van der Waals surface area contributed by atoms with E-state index < -0.39 is 10.0 Å². The summed E-state index contributed by atoms with van der Waals surface area (Å²) in [5, 5.41) is 3.50. The molecule has 3 rings (SSSR count). The molecule has 114 valence electrons. The number of fused-ring (bicyclic) bond motifs is 2. The van der Waals surface area contributed by atoms with Crippen LogP contribution in [0.3, 0.4) is 0 Å². The van der Waals surface area contributed by atoms with Crippen LogP contribution in [0.25, 0.3) is 0 Å². The van der Waals surface area contributed by atoms with Gasteiger partial charge in [-0.25, -0.2) is 13.1 Å². The minimum Gasteiger partial charge on any atom is -0.342 e. The van der Waals surface area contributed by atoms with E-state index in [4.69, 9.17) is 0 Å². The maximum Gasteiger partial charge on any atom is 0.227 e. The first-order valence-corrected chi connectivity index (χ1v) is 9.33. The van der Waals surface area contributed by atoms with Crippen LogP contribution in [0, 0.1) is 5.92 Å². The van der Waals surface area contributed by atoms with Gasteiger partial charge in [-0.15, -0.1) is 0 Å². The fourth-order valence-corrected chi connectivity index (χ4v) is 4.69. The molecule has 3 fully saturated rings. The van der Waals surface area contributed by atoms with Gasteiger partial charge in [-0.2, -0.15) is 0 Å². The number of likely N-dealkylation sites (tertiary alicyclic amines) is 1. The molecule has 3 aliphatic heterocycles. The van der Waals surface area contributed by atoms with E-state index in [2.05, 4.69) is 10.0 Å². The zero-order valence-electron chi connectivity index (χ0n) is 11.8. The highest BCUT2D eigenvalue weighted by Gasteiger charge is 2.44. The summed E-state index contributed by atoms with van der Waals surface area (Å²) in [4.78, 5) is 14.5. The van der Waals surface area contributed by atoms with Crippen molar-refractivity contribution in [3.63, 3.8) is 0 Å². The van der Waals surface area contributed by atoms with Gasteiger partial charge in [-0.1, -0.05) is 0 Å². The number of nitrogens with zero attached hydrogens (tertiary/aromatic N) is 1. The topological polar surface area (TPSA) is 78.5 Å². The minimum atomic E-state index is -3.15. The van der Waals surface area contributed by atoms with Crippen LogP contribution >= 0.6 is 0 Å². The molecule has 2 bridgehead atoms. The van der Waals surface area contributed by atoms with Crippen LogP contribution in [-0.4, -0.2) is 56.7 Å². The molecule has 0 radical (unpaired) electrons. The van der Waals surface area contributed by atoms with Gasteiger partial charge in [-0.05, 0) is 32.1 Å². The van der Waals surface area contributed by atoms with Crippen LogP contribution in [0.5, 0.6) is 0 Å². The van der Waals surface area contributed by atoms with Crippen molar-refractivity contribution in [3.05, 3.63) is 0 Å². The number of hydrogen-bond donors (Lipinski definition) is 2. The highest BCUT2D eigenvalue weighted by molar-refractivity contribution is 7.88. The number of piperidine rings is 1. The molecule has 0 aromatic rings. The van der Waals surface area contributed by atoms with E-state index in [1.54, 1.807) is 0 Å². The third kappa shape index (κ3) is 2.99. The van der Waals surface area contributed by atoms with Crippen LogP contribution in [0.4, 0.5) is 0 Å². The lowest BCUT2D eigenvalue weighted by molar-refractivity contribution is -0.137. The lowest BCUT2D eigenvalue weighted by Crippen LogP contribution is -2.49. The Bertz CT molecular complexity index is 485. The molecule has 3 saturated heterocycles. The Morgan fingerprint density at radius 3 is 2.40 bits per heavy atom. The van der Waals surface area contributed by atoms with Gasteiger partial charge in [-0.3, -0.25) is 4.79 Å². The van der Waals surface area contributed by atoms with Crippen molar-refractivity contribution in [2.24, 2.45) is 5.92 Å². The van der Waals surface area contributed by atoms with Crippen molar-refractivity contribution in [2.45, 2.75) is 50.2 Å². The van der Waals surface area contributed by atoms with Crippen molar-refractivity contribution in [1.82, 2.24) is 14.9 Å². The Labute approximate surface area is 120 Å². The molecule has 2 N–H and O–H groups in total. The van der Waals surface area contributed by atoms with E-state index in [0.29, 0.717) is 38.0 Å². The second-order valence-corrected chi connectivity index (χ2v) is 8.16. The third-order valence-corrected chi connectivity index (χ3v) is 5.57. The molecule has 0 saturated carbocycles. The molecular formula is C13H23N3O3S. The van der Waals surface area contributed by atoms with Crippen molar-refractivity contribution in [3.8, 4) is 0 Å². The van der Waals surface area contributed by atoms with Gasteiger partial charge in [0.2, 0.25) is 15.9 Å². The Hall–Kier alpha value is -0.660. The largest absolute Gasteiger partial charge is 0.342 e. The first-order valence-electron chi connectivity index (χ1n) is 7.44. The number of sulfonamides is 1. The number of amides is 1. The molecule has 20 heavy (non-hydrogen) atoms. The Kier molecular flexibility index (Phi) is 3.77. The van der Waals surface area contributed by atoms with Crippen LogP contribution in [0.15, 0.2) is 0 Å². The summed E-state index contributed by atoms with van der Waals surface area (Å²) in [5.41, 5.74) is 0. The van der Waals surface area contributed by atoms with Gasteiger partial charge in [0.05, 0.1) is 12.2 Å². The maximum absolute atomic E-state index is 12.5. The lowest BCUT2D eigenvalue weighted by atomic mass is 9.87. The Balaban J connectivity index is 1.52. The molecule has 7 heteroatoms. The molecule has 3 unspecified atom stereocenters. The second-order valence-electron chi connectivity index (χ2n) is 6.38. The molecule has 0 aromatic carbocycles. The summed E-state index contributed by atoms with van der Waals surface area (Å²) in [6, 6.07) is 0.893. The standard InChI is InChI=1S/C13H23N3O3S/c1-20(18,19)15-9-4-6-16(7-5-9)13(17)11-8-10-2-3-12(11)14-10/h9-12,14-15H,2-8H2,1H3. The molecule has 3 heterocycles. The minimum absolute atomic E-state index is 0.0211. The van der Waals surface area contributed by atoms with Gasteiger partial charge in [0.15, 0.2) is 0 Å². The molecule has 1 amide bonds. The van der Waals surface area contributed by atoms with E-state index in [-0.39, 0.29) is 17.9 Å². The summed E-state index contributed by atoms with van der Waals surface area (Å²) in [6.45, 7) is 1.33. The number of carbonyl (C=O) groups excluding carboxylic acids is 1. The number of nitrogens with one attached hydrogen (secondary N) is 2. The molecule has 3 atom stereocenters. The first-order chi connectivity index (χ1) is 9.42. The van der Waals surface area contributed by atoms with Crippen molar-refractivity contribution < 1.29 is 13.2 Å². The van der Waals surface area contributed by atoms with E-state index in [1.165, 1.54) is 12.7 Å². The van der Waals surface area contributed by atoms with Gasteiger partial charge in [0.1, 0.15) is 0 Å². The highest BCUT2D eigenvalue weighted by Crippen LogP contribution is 2.34. The summed E-state index contributed by atoms with van der Waals surface area (Å²) < 4.78 is 25.1. The van der Waals surface area contributed by atoms with Gasteiger partial charge in [0.25, 0.3) is 0 Å². The molecule has 6 nitrogen and oxygen atoms in total. The van der Waals surface area contributed by atoms with E-state index in [9.17, 15) is 13.2 Å². The van der Waals surface area contributed by atoms with Crippen LogP contribution in [-0.2, 0) is 14.8 Å². The third-order valence-electron chi connectivity index (χ3n) is 4.80. The Morgan fingerprint density at radius 2 is 1.90 bits per heavy atom. The maximum atomic E-state index is 12.5. The quantitative estimate of drug-likeness (QED) is 0.748. The number of carbonyl (C=O) groups is 1. The average Bonchev–Trinajstić information content (AvgIpc) is 2.99.